The first-order valence-corrected chi connectivity index (χ1v) is 10.3. The van der Waals surface area contributed by atoms with Gasteiger partial charge < -0.3 is 5.32 Å². The molecule has 8 heteroatoms. The van der Waals surface area contributed by atoms with Gasteiger partial charge in [0.05, 0.1) is 14.0 Å². The summed E-state index contributed by atoms with van der Waals surface area (Å²) < 4.78 is 9.67. The lowest BCUT2D eigenvalue weighted by molar-refractivity contribution is 0.102. The topological polar surface area (TPSA) is 54.9 Å². The van der Waals surface area contributed by atoms with E-state index in [0.717, 1.165) is 17.7 Å². The van der Waals surface area contributed by atoms with Crippen molar-refractivity contribution in [2.45, 2.75) is 17.1 Å². The van der Waals surface area contributed by atoms with Gasteiger partial charge in [0.2, 0.25) is 0 Å². The summed E-state index contributed by atoms with van der Waals surface area (Å²) in [5.41, 5.74) is 3.69. The van der Waals surface area contributed by atoms with Crippen LogP contribution in [0.3, 0.4) is 0 Å². The second-order valence-corrected chi connectivity index (χ2v) is 8.36. The summed E-state index contributed by atoms with van der Waals surface area (Å²) in [7, 11) is 0. The minimum Gasteiger partial charge on any atom is -0.305 e. The highest BCUT2D eigenvalue weighted by Crippen LogP contribution is 2.47. The minimum absolute atomic E-state index is 0.0552. The van der Waals surface area contributed by atoms with E-state index in [1.54, 1.807) is 23.1 Å². The zero-order valence-electron chi connectivity index (χ0n) is 11.6. The molecule has 3 aromatic rings. The highest BCUT2D eigenvalue weighted by molar-refractivity contribution is 8.00. The molecule has 1 aliphatic rings. The highest BCUT2D eigenvalue weighted by atomic mass is 32.2. The third-order valence-corrected chi connectivity index (χ3v) is 7.33. The van der Waals surface area contributed by atoms with Gasteiger partial charge in [-0.25, -0.2) is 4.37 Å². The largest absolute Gasteiger partial charge is 0.305 e. The molecule has 0 radical (unpaired) electrons. The molecule has 0 saturated heterocycles. The van der Waals surface area contributed by atoms with Gasteiger partial charge in [-0.1, -0.05) is 0 Å². The van der Waals surface area contributed by atoms with E-state index in [9.17, 15) is 4.79 Å². The molecule has 112 valence electrons. The molecular formula is C14H11N3OS4. The average molecular weight is 366 g/mol. The number of thioether (sulfide) groups is 1. The van der Waals surface area contributed by atoms with Crippen LogP contribution in [0.4, 0.5) is 5.82 Å². The number of carbonyl (C=O) groups excluding carboxylic acids is 1. The van der Waals surface area contributed by atoms with E-state index in [4.69, 9.17) is 0 Å². The van der Waals surface area contributed by atoms with Crippen LogP contribution < -0.4 is 5.32 Å². The number of nitrogens with one attached hydrogen (secondary N) is 1. The molecule has 0 atom stereocenters. The number of carbonyl (C=O) groups is 1. The van der Waals surface area contributed by atoms with Gasteiger partial charge >= 0.3 is 0 Å². The van der Waals surface area contributed by atoms with Crippen LogP contribution in [0.15, 0.2) is 21.9 Å². The molecule has 0 aromatic carbocycles. The Bertz CT molecular complexity index is 835. The number of hydrogen-bond acceptors (Lipinski definition) is 7. The van der Waals surface area contributed by atoms with Crippen LogP contribution in [0, 0.1) is 0 Å². The maximum atomic E-state index is 12.6. The van der Waals surface area contributed by atoms with Gasteiger partial charge in [0.25, 0.3) is 5.91 Å². The highest BCUT2D eigenvalue weighted by Gasteiger charge is 2.29. The number of nitrogens with zero attached hydrogens (tertiary/aromatic N) is 2. The molecule has 0 aliphatic heterocycles. The van der Waals surface area contributed by atoms with Gasteiger partial charge in [0, 0.05) is 17.1 Å². The van der Waals surface area contributed by atoms with Crippen molar-refractivity contribution in [1.82, 2.24) is 8.75 Å². The van der Waals surface area contributed by atoms with E-state index in [1.807, 2.05) is 17.6 Å². The molecule has 1 amide bonds. The van der Waals surface area contributed by atoms with E-state index < -0.39 is 0 Å². The lowest BCUT2D eigenvalue weighted by Gasteiger charge is -2.13. The number of thiophene rings is 1. The maximum absolute atomic E-state index is 12.6. The van der Waals surface area contributed by atoms with Gasteiger partial charge in [-0.15, -0.1) is 23.1 Å². The van der Waals surface area contributed by atoms with Crippen LogP contribution in [0.25, 0.3) is 10.4 Å². The Morgan fingerprint density at radius 1 is 1.41 bits per heavy atom. The van der Waals surface area contributed by atoms with Crippen LogP contribution in [-0.4, -0.2) is 20.9 Å². The first-order valence-electron chi connectivity index (χ1n) is 6.63. The Kier molecular flexibility index (Phi) is 3.77. The summed E-state index contributed by atoms with van der Waals surface area (Å²) in [6, 6.07) is 1.82. The number of fused-ring (bicyclic) bond motifs is 3. The van der Waals surface area contributed by atoms with Crippen molar-refractivity contribution in [1.29, 1.82) is 0 Å². The lowest BCUT2D eigenvalue weighted by atomic mass is 9.93. The lowest BCUT2D eigenvalue weighted by Crippen LogP contribution is -2.13. The normalized spacial score (nSPS) is 12.8. The smallest absolute Gasteiger partial charge is 0.267 e. The molecule has 22 heavy (non-hydrogen) atoms. The Hall–Kier alpha value is -1.22. The Morgan fingerprint density at radius 2 is 2.32 bits per heavy atom. The molecule has 0 unspecified atom stereocenters. The number of amides is 1. The Morgan fingerprint density at radius 3 is 3.09 bits per heavy atom. The van der Waals surface area contributed by atoms with Crippen molar-refractivity contribution in [2.24, 2.45) is 0 Å². The van der Waals surface area contributed by atoms with Crippen molar-refractivity contribution >= 4 is 57.9 Å². The second-order valence-electron chi connectivity index (χ2n) is 4.80. The maximum Gasteiger partial charge on any atom is 0.267 e. The quantitative estimate of drug-likeness (QED) is 0.699. The second kappa shape index (κ2) is 5.77. The van der Waals surface area contributed by atoms with E-state index in [1.165, 1.54) is 48.8 Å². The van der Waals surface area contributed by atoms with Gasteiger partial charge in [0.1, 0.15) is 5.82 Å². The van der Waals surface area contributed by atoms with Crippen LogP contribution in [0.1, 0.15) is 20.8 Å². The summed E-state index contributed by atoms with van der Waals surface area (Å²) in [5, 5.41) is 4.75. The van der Waals surface area contributed by atoms with Crippen molar-refractivity contribution in [2.75, 3.05) is 11.6 Å². The van der Waals surface area contributed by atoms with Crippen LogP contribution in [-0.2, 0) is 12.8 Å². The number of rotatable bonds is 3. The Balaban J connectivity index is 1.78. The zero-order valence-corrected chi connectivity index (χ0v) is 14.8. The molecule has 4 nitrogen and oxygen atoms in total. The zero-order chi connectivity index (χ0) is 15.1. The van der Waals surface area contributed by atoms with E-state index in [2.05, 4.69) is 20.3 Å². The molecule has 1 aliphatic carbocycles. The molecule has 3 aromatic heterocycles. The summed E-state index contributed by atoms with van der Waals surface area (Å²) in [5.74, 6) is 0.567. The number of aromatic nitrogens is 2. The Labute approximate surface area is 143 Å². The average Bonchev–Trinajstić information content (AvgIpc) is 3.24. The molecule has 0 bridgehead atoms. The molecule has 0 fully saturated rings. The number of anilines is 1. The summed E-state index contributed by atoms with van der Waals surface area (Å²) >= 11 is 6.14. The van der Waals surface area contributed by atoms with Gasteiger partial charge in [0.15, 0.2) is 0 Å². The van der Waals surface area contributed by atoms with Gasteiger partial charge in [-0.05, 0) is 59.4 Å². The fourth-order valence-corrected chi connectivity index (χ4v) is 6.06. The van der Waals surface area contributed by atoms with Crippen molar-refractivity contribution in [3.63, 3.8) is 0 Å². The molecular weight excluding hydrogens is 354 g/mol. The first kappa shape index (κ1) is 14.4. The van der Waals surface area contributed by atoms with Gasteiger partial charge in [-0.2, -0.15) is 4.37 Å². The molecule has 0 spiro atoms. The van der Waals surface area contributed by atoms with E-state index >= 15 is 0 Å². The van der Waals surface area contributed by atoms with Crippen molar-refractivity contribution < 1.29 is 4.79 Å². The summed E-state index contributed by atoms with van der Waals surface area (Å²) in [6.45, 7) is 0. The SMILES string of the molecule is CSc1sc(C(=O)Nc2ccsn2)c2c1-c1sncc1CC2. The van der Waals surface area contributed by atoms with Crippen molar-refractivity contribution in [3.05, 3.63) is 33.6 Å². The van der Waals surface area contributed by atoms with Crippen LogP contribution in [0.5, 0.6) is 0 Å². The first-order chi connectivity index (χ1) is 10.8. The predicted octanol–water partition coefficient (Wildman–Crippen LogP) is 4.40. The summed E-state index contributed by atoms with van der Waals surface area (Å²) in [4.78, 5) is 14.6. The third kappa shape index (κ3) is 2.30. The fourth-order valence-electron chi connectivity index (χ4n) is 2.59. The van der Waals surface area contributed by atoms with Crippen molar-refractivity contribution in [3.8, 4) is 10.4 Å². The molecule has 0 saturated carbocycles. The third-order valence-electron chi connectivity index (χ3n) is 3.56. The standard InChI is InChI=1S/C14H11N3OS4/c1-19-14-10-8(3-2-7-6-15-22-11(7)10)12(21-14)13(18)16-9-4-5-20-17-9/h4-6H,2-3H2,1H3,(H,16,17,18). The molecule has 1 N–H and O–H groups in total. The van der Waals surface area contributed by atoms with E-state index in [0.29, 0.717) is 5.82 Å². The number of hydrogen-bond donors (Lipinski definition) is 1. The van der Waals surface area contributed by atoms with Gasteiger partial charge in [-0.3, -0.25) is 4.79 Å². The molecule has 3 heterocycles. The van der Waals surface area contributed by atoms with Crippen LogP contribution in [0.2, 0.25) is 0 Å². The fraction of sp³-hybridized carbons (Fsp3) is 0.214. The van der Waals surface area contributed by atoms with Crippen LogP contribution >= 0.6 is 46.2 Å². The summed E-state index contributed by atoms with van der Waals surface area (Å²) in [6.07, 6.45) is 5.88. The number of aryl methyl sites for hydroxylation is 1. The minimum atomic E-state index is -0.0552. The molecule has 4 rings (SSSR count). The predicted molar refractivity (Wildman–Crippen MR) is 94.7 cm³/mol. The van der Waals surface area contributed by atoms with E-state index in [-0.39, 0.29) is 5.91 Å². The monoisotopic (exact) mass is 365 g/mol.